The molecule has 1 aromatic carbocycles. The summed E-state index contributed by atoms with van der Waals surface area (Å²) in [6.07, 6.45) is 1.03. The van der Waals surface area contributed by atoms with Crippen LogP contribution < -0.4 is 5.32 Å². The van der Waals surface area contributed by atoms with Crippen LogP contribution in [0.3, 0.4) is 0 Å². The standard InChI is InChI=1S/C10H11ClN2/c1-2-6-13-10-5-3-4-9(11)8(10)7-12/h3-5,13H,2,6H2,1H3. The zero-order chi connectivity index (χ0) is 9.68. The maximum absolute atomic E-state index is 8.82. The normalized spacial score (nSPS) is 9.31. The molecule has 68 valence electrons. The summed E-state index contributed by atoms with van der Waals surface area (Å²) < 4.78 is 0. The average Bonchev–Trinajstić information content (AvgIpc) is 2.15. The molecule has 0 fully saturated rings. The Morgan fingerprint density at radius 3 is 2.92 bits per heavy atom. The Labute approximate surface area is 83.1 Å². The molecule has 0 amide bonds. The molecule has 0 heterocycles. The zero-order valence-electron chi connectivity index (χ0n) is 7.47. The van der Waals surface area contributed by atoms with Gasteiger partial charge in [-0.1, -0.05) is 24.6 Å². The van der Waals surface area contributed by atoms with Crippen LogP contribution in [0.5, 0.6) is 0 Å². The molecule has 0 aromatic heterocycles. The third-order valence-electron chi connectivity index (χ3n) is 1.69. The largest absolute Gasteiger partial charge is 0.384 e. The van der Waals surface area contributed by atoms with Gasteiger partial charge in [0.15, 0.2) is 0 Å². The average molecular weight is 195 g/mol. The van der Waals surface area contributed by atoms with Crippen molar-refractivity contribution in [2.45, 2.75) is 13.3 Å². The van der Waals surface area contributed by atoms with Gasteiger partial charge in [0.05, 0.1) is 16.3 Å². The summed E-state index contributed by atoms with van der Waals surface area (Å²) in [5, 5.41) is 12.5. The van der Waals surface area contributed by atoms with Crippen LogP contribution in [0.25, 0.3) is 0 Å². The molecule has 3 heteroatoms. The Bertz CT molecular complexity index is 328. The van der Waals surface area contributed by atoms with Crippen molar-refractivity contribution < 1.29 is 0 Å². The van der Waals surface area contributed by atoms with E-state index >= 15 is 0 Å². The smallest absolute Gasteiger partial charge is 0.103 e. The molecular weight excluding hydrogens is 184 g/mol. The van der Waals surface area contributed by atoms with Crippen LogP contribution in [-0.4, -0.2) is 6.54 Å². The Morgan fingerprint density at radius 1 is 1.54 bits per heavy atom. The van der Waals surface area contributed by atoms with Crippen molar-refractivity contribution >= 4 is 17.3 Å². The van der Waals surface area contributed by atoms with E-state index in [0.717, 1.165) is 18.7 Å². The number of hydrogen-bond donors (Lipinski definition) is 1. The van der Waals surface area contributed by atoms with E-state index in [1.165, 1.54) is 0 Å². The van der Waals surface area contributed by atoms with Gasteiger partial charge in [0, 0.05) is 6.54 Å². The number of nitriles is 1. The quantitative estimate of drug-likeness (QED) is 0.803. The van der Waals surface area contributed by atoms with E-state index in [-0.39, 0.29) is 0 Å². The number of nitrogens with one attached hydrogen (secondary N) is 1. The van der Waals surface area contributed by atoms with Crippen LogP contribution in [0.4, 0.5) is 5.69 Å². The Balaban J connectivity index is 2.93. The van der Waals surface area contributed by atoms with E-state index in [1.807, 2.05) is 12.1 Å². The van der Waals surface area contributed by atoms with Gasteiger partial charge in [-0.2, -0.15) is 5.26 Å². The fourth-order valence-electron chi connectivity index (χ4n) is 1.04. The van der Waals surface area contributed by atoms with Crippen molar-refractivity contribution in [2.24, 2.45) is 0 Å². The minimum Gasteiger partial charge on any atom is -0.384 e. The first-order valence-electron chi connectivity index (χ1n) is 4.22. The topological polar surface area (TPSA) is 35.8 Å². The van der Waals surface area contributed by atoms with Gasteiger partial charge in [0.1, 0.15) is 6.07 Å². The Hall–Kier alpha value is -1.20. The fourth-order valence-corrected chi connectivity index (χ4v) is 1.26. The lowest BCUT2D eigenvalue weighted by atomic mass is 10.2. The third-order valence-corrected chi connectivity index (χ3v) is 2.01. The predicted molar refractivity (Wildman–Crippen MR) is 54.9 cm³/mol. The molecule has 1 aromatic rings. The van der Waals surface area contributed by atoms with Crippen LogP contribution >= 0.6 is 11.6 Å². The summed E-state index contributed by atoms with van der Waals surface area (Å²) in [6, 6.07) is 7.49. The highest BCUT2D eigenvalue weighted by atomic mass is 35.5. The lowest BCUT2D eigenvalue weighted by Gasteiger charge is -2.06. The van der Waals surface area contributed by atoms with E-state index in [2.05, 4.69) is 18.3 Å². The first kappa shape index (κ1) is 9.88. The van der Waals surface area contributed by atoms with Gasteiger partial charge in [-0.05, 0) is 18.6 Å². The highest BCUT2D eigenvalue weighted by Crippen LogP contribution is 2.22. The lowest BCUT2D eigenvalue weighted by molar-refractivity contribution is 0.979. The number of rotatable bonds is 3. The summed E-state index contributed by atoms with van der Waals surface area (Å²) in [5.74, 6) is 0. The number of nitrogens with zero attached hydrogens (tertiary/aromatic N) is 1. The first-order chi connectivity index (χ1) is 6.29. The fraction of sp³-hybridized carbons (Fsp3) is 0.300. The van der Waals surface area contributed by atoms with Gasteiger partial charge in [0.2, 0.25) is 0 Å². The summed E-state index contributed by atoms with van der Waals surface area (Å²) in [5.41, 5.74) is 1.34. The molecule has 0 aliphatic rings. The van der Waals surface area contributed by atoms with Gasteiger partial charge in [-0.15, -0.1) is 0 Å². The van der Waals surface area contributed by atoms with Crippen LogP contribution in [0.2, 0.25) is 5.02 Å². The van der Waals surface area contributed by atoms with Gasteiger partial charge in [0.25, 0.3) is 0 Å². The summed E-state index contributed by atoms with van der Waals surface area (Å²) in [6.45, 7) is 2.93. The monoisotopic (exact) mass is 194 g/mol. The van der Waals surface area contributed by atoms with Gasteiger partial charge in [-0.3, -0.25) is 0 Å². The maximum atomic E-state index is 8.82. The zero-order valence-corrected chi connectivity index (χ0v) is 8.23. The van der Waals surface area contributed by atoms with Crippen molar-refractivity contribution in [3.8, 4) is 6.07 Å². The van der Waals surface area contributed by atoms with E-state index in [9.17, 15) is 0 Å². The van der Waals surface area contributed by atoms with Gasteiger partial charge in [-0.25, -0.2) is 0 Å². The Kier molecular flexibility index (Phi) is 3.60. The molecule has 1 N–H and O–H groups in total. The summed E-state index contributed by atoms with van der Waals surface area (Å²) in [7, 11) is 0. The van der Waals surface area contributed by atoms with Crippen molar-refractivity contribution in [1.29, 1.82) is 5.26 Å². The second-order valence-corrected chi connectivity index (χ2v) is 3.11. The minimum absolute atomic E-state index is 0.503. The highest BCUT2D eigenvalue weighted by molar-refractivity contribution is 6.32. The van der Waals surface area contributed by atoms with Crippen molar-refractivity contribution in [3.05, 3.63) is 28.8 Å². The molecule has 0 aliphatic heterocycles. The van der Waals surface area contributed by atoms with Gasteiger partial charge < -0.3 is 5.32 Å². The lowest BCUT2D eigenvalue weighted by Crippen LogP contribution is -2.01. The van der Waals surface area contributed by atoms with Crippen LogP contribution in [0.15, 0.2) is 18.2 Å². The highest BCUT2D eigenvalue weighted by Gasteiger charge is 2.04. The third kappa shape index (κ3) is 2.37. The van der Waals surface area contributed by atoms with E-state index in [0.29, 0.717) is 10.6 Å². The number of benzene rings is 1. The molecule has 1 rings (SSSR count). The first-order valence-corrected chi connectivity index (χ1v) is 4.60. The minimum atomic E-state index is 0.503. The SMILES string of the molecule is CCCNc1cccc(Cl)c1C#N. The van der Waals surface area contributed by atoms with Crippen LogP contribution in [0.1, 0.15) is 18.9 Å². The molecule has 0 saturated carbocycles. The predicted octanol–water partition coefficient (Wildman–Crippen LogP) is 3.03. The summed E-state index contributed by atoms with van der Waals surface area (Å²) in [4.78, 5) is 0. The number of halogens is 1. The molecule has 0 aliphatic carbocycles. The molecule has 0 radical (unpaired) electrons. The van der Waals surface area contributed by atoms with Crippen molar-refractivity contribution in [1.82, 2.24) is 0 Å². The number of anilines is 1. The maximum Gasteiger partial charge on any atom is 0.103 e. The molecule has 0 spiro atoms. The van der Waals surface area contributed by atoms with E-state index in [1.54, 1.807) is 6.07 Å². The Morgan fingerprint density at radius 2 is 2.31 bits per heavy atom. The van der Waals surface area contributed by atoms with E-state index in [4.69, 9.17) is 16.9 Å². The molecule has 13 heavy (non-hydrogen) atoms. The van der Waals surface area contributed by atoms with Crippen molar-refractivity contribution in [2.75, 3.05) is 11.9 Å². The molecule has 2 nitrogen and oxygen atoms in total. The van der Waals surface area contributed by atoms with E-state index < -0.39 is 0 Å². The van der Waals surface area contributed by atoms with Crippen molar-refractivity contribution in [3.63, 3.8) is 0 Å². The second-order valence-electron chi connectivity index (χ2n) is 2.70. The molecule has 0 atom stereocenters. The van der Waals surface area contributed by atoms with Crippen LogP contribution in [-0.2, 0) is 0 Å². The second kappa shape index (κ2) is 4.74. The molecular formula is C10H11ClN2. The van der Waals surface area contributed by atoms with Gasteiger partial charge >= 0.3 is 0 Å². The molecule has 0 saturated heterocycles. The number of hydrogen-bond acceptors (Lipinski definition) is 2. The van der Waals surface area contributed by atoms with Crippen LogP contribution in [0, 0.1) is 11.3 Å². The molecule has 0 bridgehead atoms. The summed E-state index contributed by atoms with van der Waals surface area (Å²) >= 11 is 5.85. The molecule has 0 unspecified atom stereocenters.